The third-order valence-electron chi connectivity index (χ3n) is 3.83. The predicted molar refractivity (Wildman–Crippen MR) is 90.3 cm³/mol. The number of nitrogens with zero attached hydrogens (tertiary/aromatic N) is 1. The summed E-state index contributed by atoms with van der Waals surface area (Å²) in [6.45, 7) is 2.19. The van der Waals surface area contributed by atoms with E-state index >= 15 is 0 Å². The summed E-state index contributed by atoms with van der Waals surface area (Å²) in [5.41, 5.74) is 2.34. The normalized spacial score (nSPS) is 14.8. The van der Waals surface area contributed by atoms with Gasteiger partial charge in [0.1, 0.15) is 5.75 Å². The van der Waals surface area contributed by atoms with E-state index < -0.39 is 5.97 Å². The van der Waals surface area contributed by atoms with E-state index in [0.717, 1.165) is 0 Å². The Morgan fingerprint density at radius 2 is 1.88 bits per heavy atom. The van der Waals surface area contributed by atoms with Crippen molar-refractivity contribution in [1.82, 2.24) is 0 Å². The number of ether oxygens (including phenoxy) is 1. The molecule has 0 aromatic heterocycles. The highest BCUT2D eigenvalue weighted by Gasteiger charge is 2.33. The number of para-hydroxylation sites is 2. The Morgan fingerprint density at radius 1 is 1.17 bits per heavy atom. The minimum atomic E-state index is -0.542. The average Bonchev–Trinajstić information content (AvgIpc) is 2.83. The topological polar surface area (TPSA) is 66.8 Å². The second-order valence-electron chi connectivity index (χ2n) is 5.35. The van der Waals surface area contributed by atoms with Crippen LogP contribution in [0.15, 0.2) is 54.6 Å². The molecule has 2 aromatic carbocycles. The number of aromatic hydroxyl groups is 1. The lowest BCUT2D eigenvalue weighted by atomic mass is 10.1. The van der Waals surface area contributed by atoms with Crippen LogP contribution < -0.4 is 4.90 Å². The molecule has 0 bridgehead atoms. The maximum absolute atomic E-state index is 12.8. The second kappa shape index (κ2) is 6.58. The number of phenols is 1. The minimum Gasteiger partial charge on any atom is -0.508 e. The van der Waals surface area contributed by atoms with Gasteiger partial charge in [-0.3, -0.25) is 4.79 Å². The maximum Gasteiger partial charge on any atom is 0.331 e. The number of carbonyl (C=O) groups excluding carboxylic acids is 2. The molecule has 1 amide bonds. The molecule has 1 aliphatic heterocycles. The fourth-order valence-corrected chi connectivity index (χ4v) is 2.72. The monoisotopic (exact) mass is 323 g/mol. The lowest BCUT2D eigenvalue weighted by Gasteiger charge is -2.17. The number of carbonyl (C=O) groups is 2. The molecule has 2 aromatic rings. The second-order valence-corrected chi connectivity index (χ2v) is 5.35. The lowest BCUT2D eigenvalue weighted by molar-refractivity contribution is -0.137. The number of rotatable bonds is 4. The quantitative estimate of drug-likeness (QED) is 0.694. The van der Waals surface area contributed by atoms with Gasteiger partial charge in [-0.25, -0.2) is 4.79 Å². The molecule has 3 rings (SSSR count). The van der Waals surface area contributed by atoms with Crippen LogP contribution in [0.3, 0.4) is 0 Å². The van der Waals surface area contributed by atoms with E-state index in [2.05, 4.69) is 0 Å². The molecular weight excluding hydrogens is 306 g/mol. The Bertz CT molecular complexity index is 826. The zero-order valence-electron chi connectivity index (χ0n) is 13.2. The molecule has 24 heavy (non-hydrogen) atoms. The fourth-order valence-electron chi connectivity index (χ4n) is 2.72. The molecule has 0 spiro atoms. The van der Waals surface area contributed by atoms with E-state index in [1.54, 1.807) is 42.2 Å². The number of esters is 1. The van der Waals surface area contributed by atoms with Gasteiger partial charge in [0.25, 0.3) is 5.91 Å². The maximum atomic E-state index is 12.8. The fraction of sp³-hybridized carbons (Fsp3) is 0.158. The minimum absolute atomic E-state index is 0.130. The summed E-state index contributed by atoms with van der Waals surface area (Å²) in [4.78, 5) is 26.1. The molecule has 1 heterocycles. The van der Waals surface area contributed by atoms with Crippen LogP contribution in [0.2, 0.25) is 0 Å². The third-order valence-corrected chi connectivity index (χ3v) is 3.83. The number of phenolic OH excluding ortho intramolecular Hbond substituents is 1. The van der Waals surface area contributed by atoms with E-state index in [4.69, 9.17) is 4.74 Å². The van der Waals surface area contributed by atoms with Gasteiger partial charge < -0.3 is 14.7 Å². The molecule has 0 radical (unpaired) electrons. The van der Waals surface area contributed by atoms with Crippen LogP contribution in [0.5, 0.6) is 5.75 Å². The van der Waals surface area contributed by atoms with Crippen molar-refractivity contribution in [2.75, 3.05) is 11.5 Å². The van der Waals surface area contributed by atoms with Crippen LogP contribution in [-0.2, 0) is 20.9 Å². The first-order chi connectivity index (χ1) is 11.6. The zero-order valence-corrected chi connectivity index (χ0v) is 13.2. The Balaban J connectivity index is 1.99. The van der Waals surface area contributed by atoms with Gasteiger partial charge in [-0.05, 0) is 19.1 Å². The van der Waals surface area contributed by atoms with Crippen molar-refractivity contribution in [3.05, 3.63) is 65.7 Å². The molecule has 5 heteroatoms. The van der Waals surface area contributed by atoms with E-state index in [-0.39, 0.29) is 24.8 Å². The van der Waals surface area contributed by atoms with Crippen LogP contribution in [0.1, 0.15) is 18.1 Å². The van der Waals surface area contributed by atoms with E-state index in [1.807, 2.05) is 18.2 Å². The van der Waals surface area contributed by atoms with Gasteiger partial charge in [0.2, 0.25) is 0 Å². The smallest absolute Gasteiger partial charge is 0.331 e. The van der Waals surface area contributed by atoms with E-state index in [0.29, 0.717) is 22.4 Å². The Labute approximate surface area is 139 Å². The van der Waals surface area contributed by atoms with E-state index in [1.165, 1.54) is 6.08 Å². The van der Waals surface area contributed by atoms with Crippen molar-refractivity contribution < 1.29 is 19.4 Å². The van der Waals surface area contributed by atoms with E-state index in [9.17, 15) is 14.7 Å². The van der Waals surface area contributed by atoms with Crippen molar-refractivity contribution in [3.63, 3.8) is 0 Å². The first-order valence-electron chi connectivity index (χ1n) is 7.68. The molecular formula is C19H17NO4. The predicted octanol–water partition coefficient (Wildman–Crippen LogP) is 2.89. The summed E-state index contributed by atoms with van der Waals surface area (Å²) in [5, 5.41) is 9.96. The van der Waals surface area contributed by atoms with Crippen molar-refractivity contribution in [2.45, 2.75) is 13.5 Å². The molecule has 0 saturated carbocycles. The van der Waals surface area contributed by atoms with Gasteiger partial charge in [0.15, 0.2) is 0 Å². The van der Waals surface area contributed by atoms with Gasteiger partial charge in [-0.2, -0.15) is 0 Å². The van der Waals surface area contributed by atoms with Crippen LogP contribution in [0, 0.1) is 0 Å². The van der Waals surface area contributed by atoms with Crippen LogP contribution in [0.25, 0.3) is 5.57 Å². The van der Waals surface area contributed by atoms with Crippen molar-refractivity contribution in [2.24, 2.45) is 0 Å². The first kappa shape index (κ1) is 15.8. The van der Waals surface area contributed by atoms with Gasteiger partial charge in [-0.1, -0.05) is 36.4 Å². The highest BCUT2D eigenvalue weighted by molar-refractivity contribution is 6.34. The van der Waals surface area contributed by atoms with Crippen LogP contribution in [-0.4, -0.2) is 23.6 Å². The van der Waals surface area contributed by atoms with Crippen molar-refractivity contribution >= 4 is 23.1 Å². The molecule has 5 nitrogen and oxygen atoms in total. The number of hydrogen-bond donors (Lipinski definition) is 1. The van der Waals surface area contributed by atoms with Gasteiger partial charge in [0.05, 0.1) is 24.4 Å². The Kier molecular flexibility index (Phi) is 4.33. The summed E-state index contributed by atoms with van der Waals surface area (Å²) in [6.07, 6.45) is 1.23. The molecule has 122 valence electrons. The molecule has 0 fully saturated rings. The number of fused-ring (bicyclic) bond motifs is 1. The van der Waals surface area contributed by atoms with Gasteiger partial charge >= 0.3 is 5.97 Å². The summed E-state index contributed by atoms with van der Waals surface area (Å²) in [6, 6.07) is 14.1. The SMILES string of the molecule is CCOC(=O)/C=C1/C(=O)N(Cc2ccccc2O)c2ccccc21. The number of amides is 1. The molecule has 1 aliphatic rings. The number of anilines is 1. The Hall–Kier alpha value is -3.08. The summed E-state index contributed by atoms with van der Waals surface area (Å²) < 4.78 is 4.91. The molecule has 1 N–H and O–H groups in total. The summed E-state index contributed by atoms with van der Waals surface area (Å²) >= 11 is 0. The molecule has 0 unspecified atom stereocenters. The lowest BCUT2D eigenvalue weighted by Crippen LogP contribution is -2.26. The third kappa shape index (κ3) is 2.88. The molecule has 0 saturated heterocycles. The number of benzene rings is 2. The summed E-state index contributed by atoms with van der Waals surface area (Å²) in [7, 11) is 0. The van der Waals surface area contributed by atoms with Gasteiger partial charge in [0, 0.05) is 17.2 Å². The Morgan fingerprint density at radius 3 is 2.62 bits per heavy atom. The van der Waals surface area contributed by atoms with Crippen LogP contribution in [0.4, 0.5) is 5.69 Å². The zero-order chi connectivity index (χ0) is 17.1. The van der Waals surface area contributed by atoms with Crippen LogP contribution >= 0.6 is 0 Å². The standard InChI is InChI=1S/C19H17NO4/c1-2-24-18(22)11-15-14-8-4-5-9-16(14)20(19(15)23)12-13-7-3-6-10-17(13)21/h3-11,21H,2,12H2,1H3/b15-11+. The highest BCUT2D eigenvalue weighted by Crippen LogP contribution is 2.38. The summed E-state index contributed by atoms with van der Waals surface area (Å²) in [5.74, 6) is -0.696. The van der Waals surface area contributed by atoms with Crippen molar-refractivity contribution in [3.8, 4) is 5.75 Å². The molecule has 0 atom stereocenters. The highest BCUT2D eigenvalue weighted by atomic mass is 16.5. The number of hydrogen-bond acceptors (Lipinski definition) is 4. The first-order valence-corrected chi connectivity index (χ1v) is 7.68. The average molecular weight is 323 g/mol. The van der Waals surface area contributed by atoms with Gasteiger partial charge in [-0.15, -0.1) is 0 Å². The molecule has 0 aliphatic carbocycles. The van der Waals surface area contributed by atoms with Crippen molar-refractivity contribution in [1.29, 1.82) is 0 Å². The largest absolute Gasteiger partial charge is 0.508 e.